The maximum atomic E-state index is 3.47. The minimum absolute atomic E-state index is 0.765. The first-order valence-electron chi connectivity index (χ1n) is 7.69. The SMILES string of the molecule is CC1(C2CCN(CC3CCNCC3)CC2)CC1. The average Bonchev–Trinajstić information content (AvgIpc) is 3.11. The molecule has 2 heteroatoms. The molecule has 0 spiro atoms. The van der Waals surface area contributed by atoms with Crippen LogP contribution < -0.4 is 5.32 Å². The summed E-state index contributed by atoms with van der Waals surface area (Å²) in [5, 5.41) is 3.47. The molecule has 98 valence electrons. The molecule has 0 aromatic heterocycles. The van der Waals surface area contributed by atoms with Crippen LogP contribution in [0, 0.1) is 17.3 Å². The summed E-state index contributed by atoms with van der Waals surface area (Å²) in [7, 11) is 0. The molecule has 0 unspecified atom stereocenters. The first-order valence-corrected chi connectivity index (χ1v) is 7.69. The van der Waals surface area contributed by atoms with E-state index in [0.29, 0.717) is 0 Å². The zero-order chi connectivity index (χ0) is 11.7. The highest BCUT2D eigenvalue weighted by atomic mass is 15.1. The van der Waals surface area contributed by atoms with Crippen molar-refractivity contribution in [2.24, 2.45) is 17.3 Å². The third-order valence-corrected chi connectivity index (χ3v) is 5.59. The minimum atomic E-state index is 0.765. The lowest BCUT2D eigenvalue weighted by atomic mass is 9.82. The van der Waals surface area contributed by atoms with E-state index in [9.17, 15) is 0 Å². The van der Waals surface area contributed by atoms with E-state index < -0.39 is 0 Å². The van der Waals surface area contributed by atoms with E-state index in [1.165, 1.54) is 71.2 Å². The standard InChI is InChI=1S/C15H28N2/c1-15(6-7-15)14-4-10-17(11-5-14)12-13-2-8-16-9-3-13/h13-14,16H,2-12H2,1H3. The molecule has 3 fully saturated rings. The summed E-state index contributed by atoms with van der Waals surface area (Å²) in [6.45, 7) is 9.15. The lowest BCUT2D eigenvalue weighted by Gasteiger charge is -2.37. The summed E-state index contributed by atoms with van der Waals surface area (Å²) >= 11 is 0. The molecular weight excluding hydrogens is 208 g/mol. The number of piperidine rings is 2. The Morgan fingerprint density at radius 1 is 1.06 bits per heavy atom. The summed E-state index contributed by atoms with van der Waals surface area (Å²) < 4.78 is 0. The van der Waals surface area contributed by atoms with Gasteiger partial charge in [-0.05, 0) is 82.0 Å². The van der Waals surface area contributed by atoms with Gasteiger partial charge in [-0.1, -0.05) is 6.92 Å². The zero-order valence-corrected chi connectivity index (χ0v) is 11.4. The van der Waals surface area contributed by atoms with Crippen molar-refractivity contribution in [3.05, 3.63) is 0 Å². The Morgan fingerprint density at radius 3 is 2.29 bits per heavy atom. The maximum absolute atomic E-state index is 3.47. The Labute approximate surface area is 106 Å². The molecule has 2 saturated heterocycles. The third-order valence-electron chi connectivity index (χ3n) is 5.59. The highest BCUT2D eigenvalue weighted by Crippen LogP contribution is 2.54. The predicted octanol–water partition coefficient (Wildman–Crippen LogP) is 2.50. The molecule has 0 radical (unpaired) electrons. The number of hydrogen-bond donors (Lipinski definition) is 1. The van der Waals surface area contributed by atoms with E-state index in [2.05, 4.69) is 17.1 Å². The molecule has 3 rings (SSSR count). The van der Waals surface area contributed by atoms with Crippen LogP contribution in [0.3, 0.4) is 0 Å². The monoisotopic (exact) mass is 236 g/mol. The van der Waals surface area contributed by atoms with Gasteiger partial charge in [-0.2, -0.15) is 0 Å². The normalized spacial score (nSPS) is 31.6. The second-order valence-electron chi connectivity index (χ2n) is 6.92. The van der Waals surface area contributed by atoms with E-state index >= 15 is 0 Å². The van der Waals surface area contributed by atoms with E-state index in [0.717, 1.165) is 17.3 Å². The number of nitrogens with zero attached hydrogens (tertiary/aromatic N) is 1. The maximum Gasteiger partial charge on any atom is 0.00106 e. The highest BCUT2D eigenvalue weighted by molar-refractivity contribution is 4.96. The van der Waals surface area contributed by atoms with Crippen LogP contribution in [0.2, 0.25) is 0 Å². The van der Waals surface area contributed by atoms with Crippen LogP contribution >= 0.6 is 0 Å². The van der Waals surface area contributed by atoms with Gasteiger partial charge in [-0.25, -0.2) is 0 Å². The highest BCUT2D eigenvalue weighted by Gasteiger charge is 2.45. The second-order valence-corrected chi connectivity index (χ2v) is 6.92. The van der Waals surface area contributed by atoms with Crippen LogP contribution in [0.1, 0.15) is 45.4 Å². The van der Waals surface area contributed by atoms with Crippen molar-refractivity contribution in [2.45, 2.75) is 45.4 Å². The summed E-state index contributed by atoms with van der Waals surface area (Å²) in [6.07, 6.45) is 8.76. The fourth-order valence-corrected chi connectivity index (χ4v) is 3.85. The van der Waals surface area contributed by atoms with Gasteiger partial charge in [0.1, 0.15) is 0 Å². The molecule has 0 aromatic carbocycles. The molecule has 17 heavy (non-hydrogen) atoms. The van der Waals surface area contributed by atoms with Crippen LogP contribution in [0.25, 0.3) is 0 Å². The average molecular weight is 236 g/mol. The molecule has 3 aliphatic rings. The van der Waals surface area contributed by atoms with Crippen LogP contribution in [0.5, 0.6) is 0 Å². The Kier molecular flexibility index (Phi) is 3.45. The van der Waals surface area contributed by atoms with Gasteiger partial charge in [-0.3, -0.25) is 0 Å². The molecule has 1 saturated carbocycles. The van der Waals surface area contributed by atoms with E-state index in [1.807, 2.05) is 0 Å². The molecule has 1 N–H and O–H groups in total. The largest absolute Gasteiger partial charge is 0.317 e. The Hall–Kier alpha value is -0.0800. The van der Waals surface area contributed by atoms with Gasteiger partial charge in [0.15, 0.2) is 0 Å². The summed E-state index contributed by atoms with van der Waals surface area (Å²) in [6, 6.07) is 0. The lowest BCUT2D eigenvalue weighted by molar-refractivity contribution is 0.120. The van der Waals surface area contributed by atoms with Gasteiger partial charge in [0.05, 0.1) is 0 Å². The van der Waals surface area contributed by atoms with E-state index in [-0.39, 0.29) is 0 Å². The van der Waals surface area contributed by atoms with Crippen molar-refractivity contribution >= 4 is 0 Å². The fourth-order valence-electron chi connectivity index (χ4n) is 3.85. The van der Waals surface area contributed by atoms with Crippen molar-refractivity contribution in [2.75, 3.05) is 32.7 Å². The van der Waals surface area contributed by atoms with Crippen LogP contribution in [-0.4, -0.2) is 37.6 Å². The molecule has 0 amide bonds. The minimum Gasteiger partial charge on any atom is -0.317 e. The summed E-state index contributed by atoms with van der Waals surface area (Å²) in [5.41, 5.74) is 0.765. The zero-order valence-electron chi connectivity index (χ0n) is 11.4. The third kappa shape index (κ3) is 2.85. The van der Waals surface area contributed by atoms with Gasteiger partial charge in [0, 0.05) is 6.54 Å². The van der Waals surface area contributed by atoms with Gasteiger partial charge in [0.2, 0.25) is 0 Å². The van der Waals surface area contributed by atoms with Gasteiger partial charge < -0.3 is 10.2 Å². The number of hydrogen-bond acceptors (Lipinski definition) is 2. The van der Waals surface area contributed by atoms with Crippen LogP contribution in [0.15, 0.2) is 0 Å². The topological polar surface area (TPSA) is 15.3 Å². The van der Waals surface area contributed by atoms with Gasteiger partial charge >= 0.3 is 0 Å². The molecule has 2 nitrogen and oxygen atoms in total. The Bertz CT molecular complexity index is 246. The first kappa shape index (κ1) is 12.0. The van der Waals surface area contributed by atoms with Gasteiger partial charge in [-0.15, -0.1) is 0 Å². The molecule has 2 heterocycles. The molecule has 2 aliphatic heterocycles. The van der Waals surface area contributed by atoms with E-state index in [4.69, 9.17) is 0 Å². The predicted molar refractivity (Wildman–Crippen MR) is 72.1 cm³/mol. The fraction of sp³-hybridized carbons (Fsp3) is 1.00. The molecule has 0 bridgehead atoms. The quantitative estimate of drug-likeness (QED) is 0.810. The number of nitrogens with one attached hydrogen (secondary N) is 1. The second kappa shape index (κ2) is 4.89. The first-order chi connectivity index (χ1) is 8.26. The van der Waals surface area contributed by atoms with Crippen molar-refractivity contribution in [1.29, 1.82) is 0 Å². The van der Waals surface area contributed by atoms with Crippen LogP contribution in [-0.2, 0) is 0 Å². The summed E-state index contributed by atoms with van der Waals surface area (Å²) in [4.78, 5) is 2.75. The molecule has 0 aromatic rings. The van der Waals surface area contributed by atoms with E-state index in [1.54, 1.807) is 0 Å². The van der Waals surface area contributed by atoms with Crippen molar-refractivity contribution in [1.82, 2.24) is 10.2 Å². The molecule has 1 aliphatic carbocycles. The lowest BCUT2D eigenvalue weighted by Crippen LogP contribution is -2.41. The molecule has 0 atom stereocenters. The van der Waals surface area contributed by atoms with Crippen molar-refractivity contribution < 1.29 is 0 Å². The smallest absolute Gasteiger partial charge is 0.00106 e. The Balaban J connectivity index is 1.41. The summed E-state index contributed by atoms with van der Waals surface area (Å²) in [5.74, 6) is 2.02. The van der Waals surface area contributed by atoms with Crippen molar-refractivity contribution in [3.63, 3.8) is 0 Å². The molecular formula is C15H28N2. The number of likely N-dealkylation sites (tertiary alicyclic amines) is 1. The van der Waals surface area contributed by atoms with Gasteiger partial charge in [0.25, 0.3) is 0 Å². The Morgan fingerprint density at radius 2 is 1.71 bits per heavy atom. The van der Waals surface area contributed by atoms with Crippen LogP contribution in [0.4, 0.5) is 0 Å². The van der Waals surface area contributed by atoms with Crippen molar-refractivity contribution in [3.8, 4) is 0 Å². The number of rotatable bonds is 3.